The van der Waals surface area contributed by atoms with Crippen molar-refractivity contribution in [3.05, 3.63) is 0 Å². The van der Waals surface area contributed by atoms with Crippen LogP contribution in [0.15, 0.2) is 0 Å². The van der Waals surface area contributed by atoms with Crippen LogP contribution in [0.3, 0.4) is 0 Å². The van der Waals surface area contributed by atoms with Gasteiger partial charge in [0.25, 0.3) is 0 Å². The van der Waals surface area contributed by atoms with Crippen LogP contribution in [0.4, 0.5) is 0 Å². The first-order valence-electron chi connectivity index (χ1n) is 0.752. The molecule has 24 valence electrons. The van der Waals surface area contributed by atoms with E-state index >= 15 is 0 Å². The second kappa shape index (κ2) is 6.00. The summed E-state index contributed by atoms with van der Waals surface area (Å²) in [4.78, 5) is 0. The fourth-order valence-corrected chi connectivity index (χ4v) is 0. The third kappa shape index (κ3) is 24.0. The van der Waals surface area contributed by atoms with E-state index in [0.717, 1.165) is 0 Å². The maximum Gasteiger partial charge on any atom is 1.00 e. The Hall–Kier alpha value is 2.00. The zero-order valence-electron chi connectivity index (χ0n) is 2.88. The van der Waals surface area contributed by atoms with Crippen molar-refractivity contribution >= 4 is 7.32 Å². The van der Waals surface area contributed by atoms with E-state index in [4.69, 9.17) is 15.1 Å². The molecule has 0 bridgehead atoms. The molecule has 0 saturated heterocycles. The van der Waals surface area contributed by atoms with Gasteiger partial charge in [0.15, 0.2) is 0 Å². The Labute approximate surface area is 89.0 Å². The molecule has 0 aliphatic carbocycles. The molecule has 0 radical (unpaired) electrons. The average Bonchev–Trinajstić information content (AvgIpc) is 0.811. The Morgan fingerprint density at radius 3 is 1.40 bits per heavy atom. The van der Waals surface area contributed by atoms with E-state index in [1.165, 1.54) is 0 Å². The van der Waals surface area contributed by atoms with Gasteiger partial charge in [0, 0.05) is 0 Å². The minimum atomic E-state index is -2.42. The maximum absolute atomic E-state index is 8.64. The van der Waals surface area contributed by atoms with E-state index in [0.29, 0.717) is 0 Å². The molecule has 0 aromatic carbocycles. The molecule has 0 spiro atoms. The monoisotopic (exact) mass is 194 g/mol. The minimum absolute atomic E-state index is 0. The number of rotatable bonds is 0. The van der Waals surface area contributed by atoms with Gasteiger partial charge in [-0.1, -0.05) is 0 Å². The summed E-state index contributed by atoms with van der Waals surface area (Å²) in [5.41, 5.74) is 0. The van der Waals surface area contributed by atoms with Gasteiger partial charge >= 0.3 is 76.2 Å². The zero-order valence-corrected chi connectivity index (χ0v) is 9.16. The molecule has 2 N–H and O–H groups in total. The Bertz CT molecular complexity index is 11.6. The van der Waals surface area contributed by atoms with E-state index in [1.807, 2.05) is 0 Å². The van der Waals surface area contributed by atoms with Crippen LogP contribution >= 0.6 is 0 Å². The van der Waals surface area contributed by atoms with Gasteiger partial charge in [0.1, 0.15) is 0 Å². The van der Waals surface area contributed by atoms with Crippen LogP contribution in [-0.4, -0.2) is 17.4 Å². The molecular formula is H2BCsO3. The quantitative estimate of drug-likeness (QED) is 0.377. The van der Waals surface area contributed by atoms with Crippen molar-refractivity contribution in [3.63, 3.8) is 0 Å². The molecule has 0 rings (SSSR count). The fraction of sp³-hybridized carbons (Fsp3) is 0. The van der Waals surface area contributed by atoms with E-state index in [2.05, 4.69) is 0 Å². The molecule has 0 aromatic heterocycles. The molecule has 3 nitrogen and oxygen atoms in total. The minimum Gasteiger partial charge on any atom is -0.832 e. The van der Waals surface area contributed by atoms with Crippen molar-refractivity contribution in [2.75, 3.05) is 0 Å². The third-order valence-corrected chi connectivity index (χ3v) is 0. The van der Waals surface area contributed by atoms with Crippen LogP contribution in [0.5, 0.6) is 0 Å². The second-order valence-corrected chi connectivity index (χ2v) is 0.326. The first-order valence-corrected chi connectivity index (χ1v) is 0.752. The molecule has 0 aliphatic heterocycles. The van der Waals surface area contributed by atoms with Gasteiger partial charge in [-0.05, 0) is 0 Å². The standard InChI is InChI=1S/BH2O3.Cs/c2-1(3)4;/h2-3H;/q-1;+1. The van der Waals surface area contributed by atoms with Crippen LogP contribution < -0.4 is 73.9 Å². The Kier molecular flexibility index (Phi) is 12.1. The first-order chi connectivity index (χ1) is 1.73. The van der Waals surface area contributed by atoms with E-state index in [9.17, 15) is 0 Å². The third-order valence-electron chi connectivity index (χ3n) is 0. The molecule has 0 amide bonds. The van der Waals surface area contributed by atoms with Crippen LogP contribution in [0.25, 0.3) is 0 Å². The number of hydrogen-bond acceptors (Lipinski definition) is 3. The Morgan fingerprint density at radius 2 is 1.40 bits per heavy atom. The predicted octanol–water partition coefficient (Wildman–Crippen LogP) is -5.68. The fourth-order valence-electron chi connectivity index (χ4n) is 0. The van der Waals surface area contributed by atoms with Gasteiger partial charge in [0.05, 0.1) is 0 Å². The summed E-state index contributed by atoms with van der Waals surface area (Å²) in [6.07, 6.45) is 0. The van der Waals surface area contributed by atoms with Crippen molar-refractivity contribution < 1.29 is 84.0 Å². The molecular weight excluding hydrogens is 192 g/mol. The zero-order chi connectivity index (χ0) is 3.58. The molecule has 5 heteroatoms. The van der Waals surface area contributed by atoms with E-state index < -0.39 is 7.32 Å². The molecule has 0 aromatic rings. The van der Waals surface area contributed by atoms with Gasteiger partial charge in [-0.2, -0.15) is 0 Å². The summed E-state index contributed by atoms with van der Waals surface area (Å²) in [6.45, 7) is 0. The summed E-state index contributed by atoms with van der Waals surface area (Å²) in [5.74, 6) is 0. The summed E-state index contributed by atoms with van der Waals surface area (Å²) in [5, 5.41) is 22.8. The normalized spacial score (nSPS) is 5.40. The summed E-state index contributed by atoms with van der Waals surface area (Å²) in [7, 11) is -2.42. The van der Waals surface area contributed by atoms with E-state index in [1.54, 1.807) is 0 Å². The molecule has 0 saturated carbocycles. The molecule has 0 heterocycles. The predicted molar refractivity (Wildman–Crippen MR) is 10.2 cm³/mol. The van der Waals surface area contributed by atoms with Crippen molar-refractivity contribution in [1.29, 1.82) is 0 Å². The van der Waals surface area contributed by atoms with Crippen molar-refractivity contribution in [1.82, 2.24) is 0 Å². The van der Waals surface area contributed by atoms with Crippen molar-refractivity contribution in [3.8, 4) is 0 Å². The van der Waals surface area contributed by atoms with Gasteiger partial charge in [-0.25, -0.2) is 0 Å². The topological polar surface area (TPSA) is 63.5 Å². The van der Waals surface area contributed by atoms with Gasteiger partial charge in [-0.3, -0.25) is 0 Å². The Morgan fingerprint density at radius 1 is 1.40 bits per heavy atom. The summed E-state index contributed by atoms with van der Waals surface area (Å²) < 4.78 is 0. The molecule has 0 unspecified atom stereocenters. The number of hydrogen-bond donors (Lipinski definition) is 2. The summed E-state index contributed by atoms with van der Waals surface area (Å²) in [6, 6.07) is 0. The SMILES string of the molecule is [Cs+].[O-]B(O)O. The molecule has 0 fully saturated rings. The van der Waals surface area contributed by atoms with Crippen LogP contribution in [0, 0.1) is 0 Å². The molecule has 0 atom stereocenters. The van der Waals surface area contributed by atoms with Crippen molar-refractivity contribution in [2.24, 2.45) is 0 Å². The van der Waals surface area contributed by atoms with Crippen molar-refractivity contribution in [2.45, 2.75) is 0 Å². The van der Waals surface area contributed by atoms with E-state index in [-0.39, 0.29) is 68.9 Å². The second-order valence-electron chi connectivity index (χ2n) is 0.326. The maximum atomic E-state index is 8.64. The largest absolute Gasteiger partial charge is 1.00 e. The Balaban J connectivity index is 0. The summed E-state index contributed by atoms with van der Waals surface area (Å²) >= 11 is 0. The average molecular weight is 194 g/mol. The van der Waals surface area contributed by atoms with Gasteiger partial charge < -0.3 is 15.1 Å². The van der Waals surface area contributed by atoms with Crippen LogP contribution in [0.1, 0.15) is 0 Å². The van der Waals surface area contributed by atoms with Gasteiger partial charge in [0.2, 0.25) is 0 Å². The molecule has 5 heavy (non-hydrogen) atoms. The molecule has 0 aliphatic rings. The smallest absolute Gasteiger partial charge is 0.832 e. The van der Waals surface area contributed by atoms with Gasteiger partial charge in [-0.15, -0.1) is 0 Å². The first kappa shape index (κ1) is 10.1. The van der Waals surface area contributed by atoms with Crippen LogP contribution in [0.2, 0.25) is 0 Å². The van der Waals surface area contributed by atoms with Crippen LogP contribution in [-0.2, 0) is 0 Å².